The number of rotatable bonds is 7. The molecule has 6 rings (SSSR count). The highest BCUT2D eigenvalue weighted by Crippen LogP contribution is 2.37. The molecule has 1 aromatic heterocycles. The van der Waals surface area contributed by atoms with Crippen molar-refractivity contribution in [2.75, 3.05) is 82.5 Å². The van der Waals surface area contributed by atoms with Gasteiger partial charge in [0.15, 0.2) is 0 Å². The number of hydrogen-bond acceptors (Lipinski definition) is 8. The number of nitrogens with zero attached hydrogens (tertiary/aromatic N) is 6. The van der Waals surface area contributed by atoms with E-state index in [4.69, 9.17) is 31.0 Å². The normalized spacial score (nSPS) is 19.9. The smallest absolute Gasteiger partial charge is 0.318 e. The fourth-order valence-corrected chi connectivity index (χ4v) is 6.26. The highest BCUT2D eigenvalue weighted by Gasteiger charge is 2.29. The van der Waals surface area contributed by atoms with Crippen LogP contribution in [-0.4, -0.2) is 105 Å². The Morgan fingerprint density at radius 1 is 1.10 bits per heavy atom. The fourth-order valence-electron chi connectivity index (χ4n) is 5.98. The van der Waals surface area contributed by atoms with Crippen LogP contribution in [0.2, 0.25) is 5.02 Å². The van der Waals surface area contributed by atoms with E-state index in [9.17, 15) is 9.18 Å². The molecule has 0 saturated carbocycles. The zero-order chi connectivity index (χ0) is 29.1. The van der Waals surface area contributed by atoms with Gasteiger partial charge >= 0.3 is 6.01 Å². The molecule has 4 heterocycles. The van der Waals surface area contributed by atoms with Crippen LogP contribution in [0, 0.1) is 0 Å². The van der Waals surface area contributed by atoms with E-state index >= 15 is 0 Å². The molecule has 0 bridgehead atoms. The lowest BCUT2D eigenvalue weighted by molar-refractivity contribution is -0.126. The maximum Gasteiger partial charge on any atom is 0.318 e. The van der Waals surface area contributed by atoms with Gasteiger partial charge in [0, 0.05) is 68.5 Å². The summed E-state index contributed by atoms with van der Waals surface area (Å²) in [6.45, 7) is 5.80. The molecule has 0 aliphatic carbocycles. The number of ether oxygens (including phenoxy) is 2. The average Bonchev–Trinajstić information content (AvgIpc) is 3.02. The van der Waals surface area contributed by atoms with Crippen molar-refractivity contribution in [3.63, 3.8) is 0 Å². The average molecular weight is 595 g/mol. The van der Waals surface area contributed by atoms with Gasteiger partial charge in [0.05, 0.1) is 23.9 Å². The SMILES string of the molecule is CN1CCOC(COc2nc3c(c(N4CCN(C(=O)/C=C/CF)CC4)n2)CCN(c2cccc4cccc(Cl)c24)C3)C1. The first kappa shape index (κ1) is 28.6. The van der Waals surface area contributed by atoms with Crippen molar-refractivity contribution in [1.29, 1.82) is 0 Å². The first-order chi connectivity index (χ1) is 20.5. The van der Waals surface area contributed by atoms with Crippen molar-refractivity contribution in [2.24, 2.45) is 0 Å². The summed E-state index contributed by atoms with van der Waals surface area (Å²) in [5, 5.41) is 2.87. The van der Waals surface area contributed by atoms with Crippen LogP contribution in [0.1, 0.15) is 11.3 Å². The monoisotopic (exact) mass is 594 g/mol. The van der Waals surface area contributed by atoms with E-state index in [0.29, 0.717) is 51.9 Å². The Kier molecular flexibility index (Phi) is 8.73. The zero-order valence-electron chi connectivity index (χ0n) is 23.8. The van der Waals surface area contributed by atoms with Crippen molar-refractivity contribution in [2.45, 2.75) is 19.1 Å². The zero-order valence-corrected chi connectivity index (χ0v) is 24.6. The number of alkyl halides is 1. The van der Waals surface area contributed by atoms with Gasteiger partial charge in [0.2, 0.25) is 5.91 Å². The lowest BCUT2D eigenvalue weighted by Crippen LogP contribution is -2.49. The predicted octanol–water partition coefficient (Wildman–Crippen LogP) is 3.73. The second-order valence-electron chi connectivity index (χ2n) is 11.0. The standard InChI is InChI=1S/C31H36ClFN6O3/c1-36-17-18-41-23(19-36)21-42-31-34-26-20-39(27-8-3-6-22-5-2-7-25(32)29(22)27)12-10-24(26)30(35-31)38-15-13-37(14-16-38)28(40)9-4-11-33/h2-9,23H,10-21H2,1H3/b9-4+. The minimum absolute atomic E-state index is 0.0481. The Morgan fingerprint density at radius 2 is 1.90 bits per heavy atom. The first-order valence-electron chi connectivity index (χ1n) is 14.5. The number of allylic oxidation sites excluding steroid dienone is 1. The molecule has 2 saturated heterocycles. The third-order valence-electron chi connectivity index (χ3n) is 8.18. The summed E-state index contributed by atoms with van der Waals surface area (Å²) in [6, 6.07) is 12.6. The summed E-state index contributed by atoms with van der Waals surface area (Å²) in [6.07, 6.45) is 3.28. The second-order valence-corrected chi connectivity index (χ2v) is 11.4. The van der Waals surface area contributed by atoms with Crippen LogP contribution in [0.5, 0.6) is 6.01 Å². The summed E-state index contributed by atoms with van der Waals surface area (Å²) in [5.74, 6) is 0.696. The predicted molar refractivity (Wildman–Crippen MR) is 162 cm³/mol. The van der Waals surface area contributed by atoms with E-state index < -0.39 is 6.67 Å². The maximum absolute atomic E-state index is 12.5. The summed E-state index contributed by atoms with van der Waals surface area (Å²) in [5.41, 5.74) is 3.12. The van der Waals surface area contributed by atoms with Gasteiger partial charge in [0.1, 0.15) is 25.2 Å². The molecular formula is C31H36ClFN6O3. The van der Waals surface area contributed by atoms with Crippen molar-refractivity contribution in [3.8, 4) is 6.01 Å². The number of piperazine rings is 1. The van der Waals surface area contributed by atoms with E-state index in [-0.39, 0.29) is 12.0 Å². The molecule has 42 heavy (non-hydrogen) atoms. The maximum atomic E-state index is 12.5. The van der Waals surface area contributed by atoms with E-state index in [1.807, 2.05) is 12.1 Å². The molecule has 1 amide bonds. The van der Waals surface area contributed by atoms with E-state index in [0.717, 1.165) is 64.6 Å². The number of amides is 1. The van der Waals surface area contributed by atoms with Crippen LogP contribution in [-0.2, 0) is 22.5 Å². The number of fused-ring (bicyclic) bond motifs is 2. The number of halogens is 2. The molecule has 2 aromatic carbocycles. The quantitative estimate of drug-likeness (QED) is 0.383. The van der Waals surface area contributed by atoms with Crippen LogP contribution in [0.3, 0.4) is 0 Å². The molecule has 1 atom stereocenters. The van der Waals surface area contributed by atoms with Gasteiger partial charge in [-0.15, -0.1) is 0 Å². The molecule has 2 fully saturated rings. The van der Waals surface area contributed by atoms with Gasteiger partial charge in [-0.2, -0.15) is 9.97 Å². The molecule has 222 valence electrons. The Morgan fingerprint density at radius 3 is 2.69 bits per heavy atom. The Hall–Kier alpha value is -3.47. The molecule has 11 heteroatoms. The van der Waals surface area contributed by atoms with E-state index in [1.54, 1.807) is 4.90 Å². The van der Waals surface area contributed by atoms with Crippen LogP contribution >= 0.6 is 11.6 Å². The molecule has 1 unspecified atom stereocenters. The lowest BCUT2D eigenvalue weighted by Gasteiger charge is -2.38. The molecule has 9 nitrogen and oxygen atoms in total. The number of likely N-dealkylation sites (N-methyl/N-ethyl adjacent to an activating group) is 1. The molecule has 0 radical (unpaired) electrons. The number of aromatic nitrogens is 2. The van der Waals surface area contributed by atoms with Gasteiger partial charge in [-0.1, -0.05) is 35.9 Å². The van der Waals surface area contributed by atoms with Crippen molar-refractivity contribution < 1.29 is 18.7 Å². The van der Waals surface area contributed by atoms with Crippen LogP contribution in [0.15, 0.2) is 48.6 Å². The minimum Gasteiger partial charge on any atom is -0.461 e. The highest BCUT2D eigenvalue weighted by molar-refractivity contribution is 6.36. The van der Waals surface area contributed by atoms with E-state index in [2.05, 4.69) is 46.0 Å². The Labute approximate surface area is 250 Å². The first-order valence-corrected chi connectivity index (χ1v) is 14.9. The van der Waals surface area contributed by atoms with Gasteiger partial charge in [0.25, 0.3) is 0 Å². The number of hydrogen-bond donors (Lipinski definition) is 0. The van der Waals surface area contributed by atoms with Crippen molar-refractivity contribution in [3.05, 3.63) is 64.8 Å². The lowest BCUT2D eigenvalue weighted by atomic mass is 10.0. The second kappa shape index (κ2) is 12.8. The highest BCUT2D eigenvalue weighted by atomic mass is 35.5. The molecular weight excluding hydrogens is 559 g/mol. The van der Waals surface area contributed by atoms with Crippen LogP contribution in [0.25, 0.3) is 10.8 Å². The van der Waals surface area contributed by atoms with E-state index in [1.165, 1.54) is 12.2 Å². The number of benzene rings is 2. The molecule has 3 aliphatic heterocycles. The molecule has 0 N–H and O–H groups in total. The van der Waals surface area contributed by atoms with Crippen LogP contribution < -0.4 is 14.5 Å². The summed E-state index contributed by atoms with van der Waals surface area (Å²) >= 11 is 6.68. The van der Waals surface area contributed by atoms with Gasteiger partial charge in [-0.3, -0.25) is 4.79 Å². The minimum atomic E-state index is -0.647. The third kappa shape index (κ3) is 6.16. The third-order valence-corrected chi connectivity index (χ3v) is 8.49. The largest absolute Gasteiger partial charge is 0.461 e. The topological polar surface area (TPSA) is 74.3 Å². The van der Waals surface area contributed by atoms with Gasteiger partial charge in [-0.25, -0.2) is 4.39 Å². The number of carbonyl (C=O) groups excluding carboxylic acids is 1. The fraction of sp³-hybridized carbons (Fsp3) is 0.452. The molecule has 3 aromatic rings. The Balaban J connectivity index is 1.27. The summed E-state index contributed by atoms with van der Waals surface area (Å²) in [7, 11) is 2.08. The summed E-state index contributed by atoms with van der Waals surface area (Å²) < 4.78 is 24.6. The van der Waals surface area contributed by atoms with Crippen molar-refractivity contribution in [1.82, 2.24) is 19.8 Å². The van der Waals surface area contributed by atoms with Gasteiger partial charge in [-0.05, 0) is 37.1 Å². The van der Waals surface area contributed by atoms with Crippen LogP contribution in [0.4, 0.5) is 15.9 Å². The number of anilines is 2. The Bertz CT molecular complexity index is 1460. The van der Waals surface area contributed by atoms with Gasteiger partial charge < -0.3 is 29.1 Å². The number of morpholine rings is 1. The van der Waals surface area contributed by atoms with Crippen molar-refractivity contribution >= 4 is 39.8 Å². The molecule has 0 spiro atoms. The summed E-state index contributed by atoms with van der Waals surface area (Å²) in [4.78, 5) is 30.8. The number of carbonyl (C=O) groups is 1. The molecule has 3 aliphatic rings.